The quantitative estimate of drug-likeness (QED) is 0.301. The van der Waals surface area contributed by atoms with Gasteiger partial charge in [-0.15, -0.1) is 0 Å². The number of nitrogens with zero attached hydrogens (tertiary/aromatic N) is 1. The molecule has 1 fully saturated rings. The normalized spacial score (nSPS) is 14.6. The maximum absolute atomic E-state index is 12.8. The zero-order chi connectivity index (χ0) is 23.2. The van der Waals surface area contributed by atoms with E-state index in [0.717, 1.165) is 15.6 Å². The first kappa shape index (κ1) is 23.2. The van der Waals surface area contributed by atoms with E-state index in [2.05, 4.69) is 21.2 Å². The largest absolute Gasteiger partial charge is 0.484 e. The molecule has 33 heavy (non-hydrogen) atoms. The fraction of sp³-hybridized carbons (Fsp3) is 0.0800. The number of carbonyl (C=O) groups excluding carboxylic acids is 2. The van der Waals surface area contributed by atoms with Gasteiger partial charge in [0, 0.05) is 10.2 Å². The van der Waals surface area contributed by atoms with E-state index in [1.54, 1.807) is 29.2 Å². The van der Waals surface area contributed by atoms with Gasteiger partial charge in [-0.3, -0.25) is 14.5 Å². The second-order valence-corrected chi connectivity index (χ2v) is 9.76. The van der Waals surface area contributed by atoms with Crippen molar-refractivity contribution in [3.05, 3.63) is 99.4 Å². The lowest BCUT2D eigenvalue weighted by Gasteiger charge is -2.14. The van der Waals surface area contributed by atoms with Gasteiger partial charge in [-0.1, -0.05) is 82.4 Å². The molecule has 2 amide bonds. The minimum absolute atomic E-state index is 0.0983. The first-order chi connectivity index (χ1) is 16.0. The highest BCUT2D eigenvalue weighted by molar-refractivity contribution is 9.10. The fourth-order valence-electron chi connectivity index (χ4n) is 3.09. The van der Waals surface area contributed by atoms with Gasteiger partial charge in [-0.2, -0.15) is 0 Å². The number of carbonyl (C=O) groups is 2. The van der Waals surface area contributed by atoms with Gasteiger partial charge in [-0.25, -0.2) is 0 Å². The molecule has 1 aliphatic heterocycles. The number of thioether (sulfide) groups is 1. The molecule has 0 aromatic heterocycles. The summed E-state index contributed by atoms with van der Waals surface area (Å²) >= 11 is 10.1. The molecule has 166 valence electrons. The lowest BCUT2D eigenvalue weighted by Crippen LogP contribution is -2.27. The van der Waals surface area contributed by atoms with Crippen LogP contribution in [0.2, 0.25) is 0 Å². The molecule has 1 heterocycles. The number of nitrogens with one attached hydrogen (secondary N) is 1. The van der Waals surface area contributed by atoms with E-state index in [-0.39, 0.29) is 18.4 Å². The predicted molar refractivity (Wildman–Crippen MR) is 140 cm³/mol. The van der Waals surface area contributed by atoms with Crippen LogP contribution >= 0.6 is 39.9 Å². The molecular formula is C25H19BrN2O3S2. The number of rotatable bonds is 7. The fourth-order valence-corrected chi connectivity index (χ4v) is 4.61. The summed E-state index contributed by atoms with van der Waals surface area (Å²) in [7, 11) is 0. The second kappa shape index (κ2) is 10.8. The van der Waals surface area contributed by atoms with Crippen LogP contribution in [0.15, 0.2) is 88.2 Å². The van der Waals surface area contributed by atoms with Gasteiger partial charge < -0.3 is 10.1 Å². The Balaban J connectivity index is 1.33. The van der Waals surface area contributed by atoms with E-state index >= 15 is 0 Å². The molecular weight excluding hydrogens is 520 g/mol. The molecule has 8 heteroatoms. The Labute approximate surface area is 210 Å². The average Bonchev–Trinajstić information content (AvgIpc) is 3.08. The molecule has 3 aromatic rings. The number of anilines is 1. The Hall–Kier alpha value is -2.94. The van der Waals surface area contributed by atoms with Gasteiger partial charge in [0.05, 0.1) is 11.4 Å². The number of thiocarbonyl (C=S) groups is 1. The molecule has 1 aliphatic rings. The van der Waals surface area contributed by atoms with Crippen molar-refractivity contribution in [1.82, 2.24) is 4.90 Å². The summed E-state index contributed by atoms with van der Waals surface area (Å²) < 4.78 is 7.06. The number of ether oxygens (including phenoxy) is 1. The zero-order valence-electron chi connectivity index (χ0n) is 17.4. The van der Waals surface area contributed by atoms with Gasteiger partial charge in [0.25, 0.3) is 11.8 Å². The molecule has 0 saturated carbocycles. The van der Waals surface area contributed by atoms with Crippen LogP contribution in [-0.4, -0.2) is 27.6 Å². The van der Waals surface area contributed by atoms with E-state index < -0.39 is 0 Å². The van der Waals surface area contributed by atoms with Crippen LogP contribution in [0.25, 0.3) is 6.08 Å². The van der Waals surface area contributed by atoms with Crippen molar-refractivity contribution < 1.29 is 14.3 Å². The lowest BCUT2D eigenvalue weighted by molar-refractivity contribution is -0.122. The van der Waals surface area contributed by atoms with E-state index in [1.165, 1.54) is 11.8 Å². The highest BCUT2D eigenvalue weighted by atomic mass is 79.9. The molecule has 4 rings (SSSR count). The van der Waals surface area contributed by atoms with Crippen molar-refractivity contribution in [3.8, 4) is 5.75 Å². The van der Waals surface area contributed by atoms with E-state index in [9.17, 15) is 9.59 Å². The first-order valence-corrected chi connectivity index (χ1v) is 12.1. The van der Waals surface area contributed by atoms with Crippen molar-refractivity contribution in [1.29, 1.82) is 0 Å². The van der Waals surface area contributed by atoms with Crippen molar-refractivity contribution in [2.45, 2.75) is 6.54 Å². The Kier molecular flexibility index (Phi) is 7.59. The van der Waals surface area contributed by atoms with Crippen molar-refractivity contribution in [2.24, 2.45) is 0 Å². The molecule has 3 aromatic carbocycles. The van der Waals surface area contributed by atoms with Gasteiger partial charge >= 0.3 is 0 Å². The van der Waals surface area contributed by atoms with Crippen LogP contribution in [0.1, 0.15) is 11.1 Å². The molecule has 0 aliphatic carbocycles. The van der Waals surface area contributed by atoms with Crippen LogP contribution in [0, 0.1) is 0 Å². The number of amides is 2. The molecule has 0 atom stereocenters. The maximum Gasteiger partial charge on any atom is 0.266 e. The number of hydrogen-bond acceptors (Lipinski definition) is 5. The van der Waals surface area contributed by atoms with Crippen LogP contribution < -0.4 is 10.1 Å². The number of halogens is 1. The lowest BCUT2D eigenvalue weighted by atomic mass is 10.2. The molecule has 0 spiro atoms. The number of benzene rings is 3. The summed E-state index contributed by atoms with van der Waals surface area (Å²) in [5.74, 6) is 0.219. The van der Waals surface area contributed by atoms with Crippen LogP contribution in [0.3, 0.4) is 0 Å². The van der Waals surface area contributed by atoms with Gasteiger partial charge in [0.2, 0.25) is 0 Å². The summed E-state index contributed by atoms with van der Waals surface area (Å²) in [4.78, 5) is 27.1. The Morgan fingerprint density at radius 2 is 1.73 bits per heavy atom. The Morgan fingerprint density at radius 1 is 1.03 bits per heavy atom. The molecule has 1 N–H and O–H groups in total. The van der Waals surface area contributed by atoms with Crippen LogP contribution in [0.5, 0.6) is 5.75 Å². The van der Waals surface area contributed by atoms with Crippen molar-refractivity contribution in [2.75, 3.05) is 11.9 Å². The molecule has 0 bridgehead atoms. The van der Waals surface area contributed by atoms with Crippen molar-refractivity contribution in [3.63, 3.8) is 0 Å². The zero-order valence-corrected chi connectivity index (χ0v) is 20.6. The van der Waals surface area contributed by atoms with E-state index in [1.807, 2.05) is 60.7 Å². The Bertz CT molecular complexity index is 1200. The van der Waals surface area contributed by atoms with Crippen LogP contribution in [0.4, 0.5) is 5.69 Å². The average molecular weight is 539 g/mol. The highest BCUT2D eigenvalue weighted by Gasteiger charge is 2.31. The third kappa shape index (κ3) is 6.31. The second-order valence-electron chi connectivity index (χ2n) is 7.17. The number of hydrogen-bond donors (Lipinski definition) is 1. The van der Waals surface area contributed by atoms with Gasteiger partial charge in [0.15, 0.2) is 6.61 Å². The minimum Gasteiger partial charge on any atom is -0.484 e. The maximum atomic E-state index is 12.8. The summed E-state index contributed by atoms with van der Waals surface area (Å²) in [6, 6.07) is 24.3. The third-order valence-corrected chi connectivity index (χ3v) is 6.64. The highest BCUT2D eigenvalue weighted by Crippen LogP contribution is 2.33. The summed E-state index contributed by atoms with van der Waals surface area (Å²) in [5, 5.41) is 2.78. The summed E-state index contributed by atoms with van der Waals surface area (Å²) in [6.45, 7) is 0.353. The molecule has 1 saturated heterocycles. The van der Waals surface area contributed by atoms with E-state index in [0.29, 0.717) is 27.2 Å². The standard InChI is InChI=1S/C25H19BrN2O3S2/c26-19-8-10-20(11-9-19)27-23(29)16-31-21-12-6-17(7-13-21)14-22-24(30)28(25(32)33-22)15-18-4-2-1-3-5-18/h1-14H,15-16H2,(H,27,29)/b22-14-. The summed E-state index contributed by atoms with van der Waals surface area (Å²) in [5.41, 5.74) is 2.58. The topological polar surface area (TPSA) is 58.6 Å². The predicted octanol–water partition coefficient (Wildman–Crippen LogP) is 5.87. The first-order valence-electron chi connectivity index (χ1n) is 10.1. The minimum atomic E-state index is -0.247. The van der Waals surface area contributed by atoms with Gasteiger partial charge in [-0.05, 0) is 53.6 Å². The molecule has 0 unspecified atom stereocenters. The SMILES string of the molecule is O=C(COc1ccc(/C=C2\SC(=S)N(Cc3ccccc3)C2=O)cc1)Nc1ccc(Br)cc1. The molecule has 0 radical (unpaired) electrons. The Morgan fingerprint density at radius 3 is 2.42 bits per heavy atom. The third-order valence-electron chi connectivity index (χ3n) is 4.73. The van der Waals surface area contributed by atoms with Crippen LogP contribution in [-0.2, 0) is 16.1 Å². The van der Waals surface area contributed by atoms with Gasteiger partial charge in [0.1, 0.15) is 10.1 Å². The monoisotopic (exact) mass is 538 g/mol. The molecule has 5 nitrogen and oxygen atoms in total. The summed E-state index contributed by atoms with van der Waals surface area (Å²) in [6.07, 6.45) is 1.81. The van der Waals surface area contributed by atoms with E-state index in [4.69, 9.17) is 17.0 Å². The van der Waals surface area contributed by atoms with Crippen molar-refractivity contribution >= 4 is 67.8 Å². The smallest absolute Gasteiger partial charge is 0.266 e.